The van der Waals surface area contributed by atoms with Crippen molar-refractivity contribution in [3.8, 4) is 11.5 Å². The minimum atomic E-state index is -0.618. The standard InChI is InChI=1S/C27H33NO7/c1-5-33-25(30)8-6-7-19(2)20(3)26(21-9-13-24(14-10-21)34-18-17-29)35-27(31)28-22-11-15-23(32-4)16-12-22/h6-16,20,26,29H,5,17-18H2,1-4H3,(H,28,31)/b8-6+,19-7+/t20-,26-/m1/s1. The molecule has 0 aliphatic carbocycles. The molecule has 0 saturated heterocycles. The molecular formula is C27H33NO7. The van der Waals surface area contributed by atoms with Crippen molar-refractivity contribution in [1.29, 1.82) is 0 Å². The Morgan fingerprint density at radius 2 is 1.71 bits per heavy atom. The van der Waals surface area contributed by atoms with Gasteiger partial charge in [0, 0.05) is 17.7 Å². The quantitative estimate of drug-likeness (QED) is 0.247. The van der Waals surface area contributed by atoms with Crippen molar-refractivity contribution < 1.29 is 33.6 Å². The number of anilines is 1. The largest absolute Gasteiger partial charge is 0.497 e. The minimum Gasteiger partial charge on any atom is -0.497 e. The number of esters is 1. The average Bonchev–Trinajstić information content (AvgIpc) is 2.86. The first-order chi connectivity index (χ1) is 16.9. The van der Waals surface area contributed by atoms with Gasteiger partial charge in [0.2, 0.25) is 0 Å². The second-order valence-electron chi connectivity index (χ2n) is 7.63. The highest BCUT2D eigenvalue weighted by Gasteiger charge is 2.25. The van der Waals surface area contributed by atoms with E-state index in [1.165, 1.54) is 6.08 Å². The smallest absolute Gasteiger partial charge is 0.412 e. The third-order valence-corrected chi connectivity index (χ3v) is 5.19. The van der Waals surface area contributed by atoms with Crippen LogP contribution in [0, 0.1) is 5.92 Å². The van der Waals surface area contributed by atoms with Gasteiger partial charge in [-0.2, -0.15) is 0 Å². The van der Waals surface area contributed by atoms with Crippen LogP contribution < -0.4 is 14.8 Å². The normalized spacial score (nSPS) is 13.1. The van der Waals surface area contributed by atoms with Crippen molar-refractivity contribution in [3.63, 3.8) is 0 Å². The Labute approximate surface area is 206 Å². The Bertz CT molecular complexity index is 997. The van der Waals surface area contributed by atoms with Gasteiger partial charge in [0.05, 0.1) is 20.3 Å². The van der Waals surface area contributed by atoms with Crippen molar-refractivity contribution in [3.05, 3.63) is 77.9 Å². The van der Waals surface area contributed by atoms with E-state index >= 15 is 0 Å². The van der Waals surface area contributed by atoms with E-state index in [4.69, 9.17) is 24.1 Å². The van der Waals surface area contributed by atoms with Crippen LogP contribution in [0.2, 0.25) is 0 Å². The number of methoxy groups -OCH3 is 1. The first-order valence-corrected chi connectivity index (χ1v) is 11.3. The summed E-state index contributed by atoms with van der Waals surface area (Å²) < 4.78 is 21.3. The molecule has 188 valence electrons. The van der Waals surface area contributed by atoms with Gasteiger partial charge in [0.25, 0.3) is 0 Å². The first-order valence-electron chi connectivity index (χ1n) is 11.3. The lowest BCUT2D eigenvalue weighted by atomic mass is 9.91. The molecule has 2 aromatic rings. The number of nitrogens with one attached hydrogen (secondary N) is 1. The predicted octanol–water partition coefficient (Wildman–Crippen LogP) is 5.06. The molecule has 8 heteroatoms. The van der Waals surface area contributed by atoms with Gasteiger partial charge in [-0.1, -0.05) is 36.8 Å². The van der Waals surface area contributed by atoms with Gasteiger partial charge in [-0.05, 0) is 55.8 Å². The summed E-state index contributed by atoms with van der Waals surface area (Å²) in [6.07, 6.45) is 3.52. The van der Waals surface area contributed by atoms with Crippen LogP contribution in [0.1, 0.15) is 32.4 Å². The van der Waals surface area contributed by atoms with E-state index in [2.05, 4.69) is 5.32 Å². The van der Waals surface area contributed by atoms with Gasteiger partial charge in [-0.25, -0.2) is 9.59 Å². The van der Waals surface area contributed by atoms with Gasteiger partial charge in [0.1, 0.15) is 24.2 Å². The van der Waals surface area contributed by atoms with Crippen molar-refractivity contribution in [2.24, 2.45) is 5.92 Å². The summed E-state index contributed by atoms with van der Waals surface area (Å²) in [5.41, 5.74) is 2.23. The number of carbonyl (C=O) groups is 2. The first kappa shape index (κ1) is 27.5. The highest BCUT2D eigenvalue weighted by atomic mass is 16.6. The van der Waals surface area contributed by atoms with Crippen LogP contribution in [0.5, 0.6) is 11.5 Å². The monoisotopic (exact) mass is 483 g/mol. The second kappa shape index (κ2) is 14.5. The van der Waals surface area contributed by atoms with Crippen LogP contribution in [0.25, 0.3) is 0 Å². The number of carbonyl (C=O) groups excluding carboxylic acids is 2. The van der Waals surface area contributed by atoms with Crippen LogP contribution >= 0.6 is 0 Å². The Morgan fingerprint density at radius 3 is 2.31 bits per heavy atom. The molecule has 2 rings (SSSR count). The molecule has 2 aromatic carbocycles. The van der Waals surface area contributed by atoms with Crippen molar-refractivity contribution in [2.75, 3.05) is 32.2 Å². The van der Waals surface area contributed by atoms with Crippen molar-refractivity contribution >= 4 is 17.7 Å². The van der Waals surface area contributed by atoms with Gasteiger partial charge < -0.3 is 24.1 Å². The molecule has 2 atom stereocenters. The zero-order valence-corrected chi connectivity index (χ0v) is 20.5. The Balaban J connectivity index is 2.21. The molecular weight excluding hydrogens is 450 g/mol. The maximum absolute atomic E-state index is 12.7. The molecule has 0 saturated carbocycles. The molecule has 0 bridgehead atoms. The highest BCUT2D eigenvalue weighted by Crippen LogP contribution is 2.32. The van der Waals surface area contributed by atoms with Crippen LogP contribution in [-0.4, -0.2) is 44.1 Å². The number of hydrogen-bond donors (Lipinski definition) is 2. The van der Waals surface area contributed by atoms with Crippen molar-refractivity contribution in [2.45, 2.75) is 26.9 Å². The van der Waals surface area contributed by atoms with E-state index in [1.54, 1.807) is 62.6 Å². The third kappa shape index (κ3) is 9.17. The predicted molar refractivity (Wildman–Crippen MR) is 134 cm³/mol. The molecule has 0 spiro atoms. The zero-order valence-electron chi connectivity index (χ0n) is 20.5. The molecule has 0 radical (unpaired) electrons. The fourth-order valence-corrected chi connectivity index (χ4v) is 3.17. The van der Waals surface area contributed by atoms with Gasteiger partial charge in [-0.3, -0.25) is 5.32 Å². The lowest BCUT2D eigenvalue weighted by Crippen LogP contribution is -2.22. The van der Waals surface area contributed by atoms with Gasteiger partial charge in [0.15, 0.2) is 0 Å². The maximum Gasteiger partial charge on any atom is 0.412 e. The number of benzene rings is 2. The van der Waals surface area contributed by atoms with Crippen molar-refractivity contribution in [1.82, 2.24) is 0 Å². The number of rotatable bonds is 12. The zero-order chi connectivity index (χ0) is 25.6. The number of ether oxygens (including phenoxy) is 4. The van der Waals surface area contributed by atoms with Crippen LogP contribution in [0.15, 0.2) is 72.3 Å². The van der Waals surface area contributed by atoms with E-state index in [9.17, 15) is 9.59 Å². The van der Waals surface area contributed by atoms with E-state index in [-0.39, 0.29) is 19.1 Å². The van der Waals surface area contributed by atoms with Crippen LogP contribution in [-0.2, 0) is 14.3 Å². The lowest BCUT2D eigenvalue weighted by Gasteiger charge is -2.25. The second-order valence-corrected chi connectivity index (χ2v) is 7.63. The van der Waals surface area contributed by atoms with Crippen LogP contribution in [0.3, 0.4) is 0 Å². The molecule has 0 aliphatic heterocycles. The average molecular weight is 484 g/mol. The molecule has 0 aliphatic rings. The molecule has 0 fully saturated rings. The Hall–Kier alpha value is -3.78. The highest BCUT2D eigenvalue weighted by molar-refractivity contribution is 5.85. The summed E-state index contributed by atoms with van der Waals surface area (Å²) in [5.74, 6) is 0.638. The number of aliphatic hydroxyl groups excluding tert-OH is 1. The number of amides is 1. The lowest BCUT2D eigenvalue weighted by molar-refractivity contribution is -0.137. The topological polar surface area (TPSA) is 103 Å². The summed E-state index contributed by atoms with van der Waals surface area (Å²) in [6.45, 7) is 5.99. The third-order valence-electron chi connectivity index (χ3n) is 5.19. The Kier molecular flexibility index (Phi) is 11.4. The molecule has 1 amide bonds. The van der Waals surface area contributed by atoms with Crippen LogP contribution in [0.4, 0.5) is 10.5 Å². The van der Waals surface area contributed by atoms with E-state index in [0.717, 1.165) is 11.1 Å². The molecule has 2 N–H and O–H groups in total. The summed E-state index contributed by atoms with van der Waals surface area (Å²) in [6, 6.07) is 14.1. The number of allylic oxidation sites excluding steroid dienone is 2. The SMILES string of the molecule is CCOC(=O)/C=C/C=C(\C)[C@@H](C)[C@@H](OC(=O)Nc1ccc(OC)cc1)c1ccc(OCCO)cc1. The number of hydrogen-bond acceptors (Lipinski definition) is 7. The van der Waals surface area contributed by atoms with E-state index in [0.29, 0.717) is 23.8 Å². The van der Waals surface area contributed by atoms with Gasteiger partial charge in [-0.15, -0.1) is 0 Å². The molecule has 0 aromatic heterocycles. The van der Waals surface area contributed by atoms with E-state index < -0.39 is 18.2 Å². The fraction of sp³-hybridized carbons (Fsp3) is 0.333. The molecule has 35 heavy (non-hydrogen) atoms. The van der Waals surface area contributed by atoms with E-state index in [1.807, 2.05) is 26.0 Å². The summed E-state index contributed by atoms with van der Waals surface area (Å²) >= 11 is 0. The molecule has 0 heterocycles. The summed E-state index contributed by atoms with van der Waals surface area (Å²) in [4.78, 5) is 24.3. The molecule has 8 nitrogen and oxygen atoms in total. The maximum atomic E-state index is 12.7. The Morgan fingerprint density at radius 1 is 1.06 bits per heavy atom. The summed E-state index contributed by atoms with van der Waals surface area (Å²) in [7, 11) is 1.57. The molecule has 0 unspecified atom stereocenters. The number of aliphatic hydroxyl groups is 1. The minimum absolute atomic E-state index is 0.0840. The summed E-state index contributed by atoms with van der Waals surface area (Å²) in [5, 5.41) is 11.7. The van der Waals surface area contributed by atoms with Gasteiger partial charge >= 0.3 is 12.1 Å². The fourth-order valence-electron chi connectivity index (χ4n) is 3.17.